The van der Waals surface area contributed by atoms with E-state index < -0.39 is 18.3 Å². The minimum Gasteiger partial charge on any atom is -0.449 e. The number of carbonyl (C=O) groups is 1. The third-order valence-electron chi connectivity index (χ3n) is 5.95. The Bertz CT molecular complexity index is 1080. The van der Waals surface area contributed by atoms with Gasteiger partial charge in [-0.15, -0.1) is 0 Å². The number of fused-ring (bicyclic) bond motifs is 3. The van der Waals surface area contributed by atoms with Crippen LogP contribution in [0.2, 0.25) is 0 Å². The van der Waals surface area contributed by atoms with Crippen molar-refractivity contribution in [1.29, 1.82) is 0 Å². The van der Waals surface area contributed by atoms with E-state index in [0.717, 1.165) is 22.3 Å². The lowest BCUT2D eigenvalue weighted by Gasteiger charge is -2.20. The van der Waals surface area contributed by atoms with Crippen molar-refractivity contribution in [2.75, 3.05) is 24.6 Å². The lowest BCUT2D eigenvalue weighted by Crippen LogP contribution is -2.36. The molecule has 0 bridgehead atoms. The number of alkyl carbamates (subject to hydrolysis) is 1. The number of nitrogen functional groups attached to an aromatic ring is 2. The molecule has 1 aliphatic rings. The van der Waals surface area contributed by atoms with Crippen molar-refractivity contribution in [1.82, 2.24) is 5.32 Å². The van der Waals surface area contributed by atoms with Crippen molar-refractivity contribution in [3.8, 4) is 11.1 Å². The molecule has 1 aliphatic carbocycles. The van der Waals surface area contributed by atoms with E-state index in [9.17, 15) is 15.0 Å². The minimum absolute atomic E-state index is 0.0515. The number of aliphatic hydroxyl groups excluding tert-OH is 2. The molecule has 3 aromatic carbocycles. The average Bonchev–Trinajstić information content (AvgIpc) is 3.12. The number of nitrogens with two attached hydrogens (primary N) is 2. The summed E-state index contributed by atoms with van der Waals surface area (Å²) in [5.74, 6) is -0.0515. The van der Waals surface area contributed by atoms with Gasteiger partial charge in [0.05, 0.1) is 11.4 Å². The van der Waals surface area contributed by atoms with Gasteiger partial charge in [0, 0.05) is 12.5 Å². The Morgan fingerprint density at radius 1 is 1.03 bits per heavy atom. The van der Waals surface area contributed by atoms with Crippen LogP contribution in [0.25, 0.3) is 11.1 Å². The number of hydrogen-bond donors (Lipinski definition) is 5. The molecule has 32 heavy (non-hydrogen) atoms. The topological polar surface area (TPSA) is 131 Å². The highest BCUT2D eigenvalue weighted by molar-refractivity contribution is 5.79. The zero-order chi connectivity index (χ0) is 22.8. The number of benzene rings is 3. The van der Waals surface area contributed by atoms with Gasteiger partial charge in [-0.25, -0.2) is 4.79 Å². The van der Waals surface area contributed by atoms with E-state index >= 15 is 0 Å². The molecule has 2 unspecified atom stereocenters. The molecule has 0 aromatic heterocycles. The summed E-state index contributed by atoms with van der Waals surface area (Å²) >= 11 is 0. The summed E-state index contributed by atoms with van der Waals surface area (Å²) in [5.41, 5.74) is 18.1. The molecule has 0 saturated heterocycles. The molecule has 0 aliphatic heterocycles. The molecule has 2 atom stereocenters. The number of hydrogen-bond acceptors (Lipinski definition) is 6. The van der Waals surface area contributed by atoms with E-state index in [1.165, 1.54) is 6.07 Å². The third kappa shape index (κ3) is 4.12. The zero-order valence-electron chi connectivity index (χ0n) is 17.8. The number of ether oxygens (including phenoxy) is 1. The fraction of sp³-hybridized carbons (Fsp3) is 0.240. The Labute approximate surface area is 186 Å². The van der Waals surface area contributed by atoms with Crippen LogP contribution in [0.3, 0.4) is 0 Å². The highest BCUT2D eigenvalue weighted by Gasteiger charge is 2.29. The first-order chi connectivity index (χ1) is 15.4. The van der Waals surface area contributed by atoms with Crippen molar-refractivity contribution in [2.24, 2.45) is 0 Å². The van der Waals surface area contributed by atoms with Gasteiger partial charge >= 0.3 is 6.09 Å². The summed E-state index contributed by atoms with van der Waals surface area (Å²) in [5, 5.41) is 23.3. The fourth-order valence-electron chi connectivity index (χ4n) is 4.20. The molecule has 3 aromatic rings. The van der Waals surface area contributed by atoms with Gasteiger partial charge in [-0.1, -0.05) is 54.6 Å². The molecule has 166 valence electrons. The second-order valence-electron chi connectivity index (χ2n) is 8.06. The smallest absolute Gasteiger partial charge is 0.407 e. The fourth-order valence-corrected chi connectivity index (χ4v) is 4.20. The van der Waals surface area contributed by atoms with Crippen LogP contribution in [0.5, 0.6) is 0 Å². The van der Waals surface area contributed by atoms with E-state index in [-0.39, 0.29) is 19.1 Å². The number of nitrogens with one attached hydrogen (secondary N) is 1. The highest BCUT2D eigenvalue weighted by Crippen LogP contribution is 2.44. The molecule has 0 saturated carbocycles. The summed E-state index contributed by atoms with van der Waals surface area (Å²) in [6, 6.07) is 19.3. The van der Waals surface area contributed by atoms with Crippen LogP contribution in [-0.2, 0) is 4.74 Å². The standard InChI is InChI=1S/C25H27N3O4/c1-14-10-15(11-21(26)23(14)27)24(30)22(29)12-28-25(31)32-13-20-18-8-4-2-6-16(18)17-7-3-5-9-19(17)20/h2-11,20,22,24,29-30H,12-13,26-27H2,1H3,(H,28,31). The Morgan fingerprint density at radius 3 is 2.22 bits per heavy atom. The molecule has 0 spiro atoms. The van der Waals surface area contributed by atoms with Crippen LogP contribution >= 0.6 is 0 Å². The third-order valence-corrected chi connectivity index (χ3v) is 5.95. The first kappa shape index (κ1) is 21.7. The predicted molar refractivity (Wildman–Crippen MR) is 124 cm³/mol. The lowest BCUT2D eigenvalue weighted by atomic mass is 9.98. The Morgan fingerprint density at radius 2 is 1.62 bits per heavy atom. The van der Waals surface area contributed by atoms with Gasteiger partial charge in [0.2, 0.25) is 0 Å². The molecule has 4 rings (SSSR count). The SMILES string of the molecule is Cc1cc(C(O)C(O)CNC(=O)OCC2c3ccccc3-c3ccccc32)cc(N)c1N. The van der Waals surface area contributed by atoms with E-state index in [2.05, 4.69) is 17.4 Å². The Hall–Kier alpha value is -3.55. The molecule has 7 heteroatoms. The highest BCUT2D eigenvalue weighted by atomic mass is 16.5. The van der Waals surface area contributed by atoms with Crippen molar-refractivity contribution in [3.05, 3.63) is 82.9 Å². The molecule has 0 heterocycles. The normalized spacial score (nSPS) is 14.3. The van der Waals surface area contributed by atoms with Gasteiger partial charge < -0.3 is 31.7 Å². The van der Waals surface area contributed by atoms with Crippen LogP contribution < -0.4 is 16.8 Å². The summed E-state index contributed by atoms with van der Waals surface area (Å²) < 4.78 is 5.45. The summed E-state index contributed by atoms with van der Waals surface area (Å²) in [6.45, 7) is 1.76. The maximum absolute atomic E-state index is 12.3. The summed E-state index contributed by atoms with van der Waals surface area (Å²) in [6.07, 6.45) is -3.13. The maximum Gasteiger partial charge on any atom is 0.407 e. The quantitative estimate of drug-likeness (QED) is 0.380. The van der Waals surface area contributed by atoms with Crippen molar-refractivity contribution in [2.45, 2.75) is 25.0 Å². The van der Waals surface area contributed by atoms with E-state index in [4.69, 9.17) is 16.2 Å². The number of amides is 1. The van der Waals surface area contributed by atoms with Gasteiger partial charge in [0.25, 0.3) is 0 Å². The maximum atomic E-state index is 12.3. The number of rotatable bonds is 6. The molecule has 7 nitrogen and oxygen atoms in total. The zero-order valence-corrected chi connectivity index (χ0v) is 17.8. The largest absolute Gasteiger partial charge is 0.449 e. The number of aryl methyl sites for hydroxylation is 1. The number of aliphatic hydroxyl groups is 2. The molecular weight excluding hydrogens is 406 g/mol. The van der Waals surface area contributed by atoms with Gasteiger partial charge in [0.15, 0.2) is 0 Å². The van der Waals surface area contributed by atoms with Gasteiger partial charge in [0.1, 0.15) is 18.8 Å². The molecule has 0 radical (unpaired) electrons. The van der Waals surface area contributed by atoms with E-state index in [0.29, 0.717) is 22.5 Å². The van der Waals surface area contributed by atoms with Gasteiger partial charge in [-0.2, -0.15) is 0 Å². The average molecular weight is 434 g/mol. The van der Waals surface area contributed by atoms with Crippen molar-refractivity contribution >= 4 is 17.5 Å². The predicted octanol–water partition coefficient (Wildman–Crippen LogP) is 3.09. The molecule has 1 amide bonds. The summed E-state index contributed by atoms with van der Waals surface area (Å²) in [7, 11) is 0. The van der Waals surface area contributed by atoms with Crippen LogP contribution in [0.15, 0.2) is 60.7 Å². The van der Waals surface area contributed by atoms with Gasteiger partial charge in [-0.05, 0) is 46.4 Å². The van der Waals surface area contributed by atoms with Gasteiger partial charge in [-0.3, -0.25) is 0 Å². The van der Waals surface area contributed by atoms with Crippen LogP contribution in [0.4, 0.5) is 16.2 Å². The molecular formula is C25H27N3O4. The molecule has 7 N–H and O–H groups in total. The van der Waals surface area contributed by atoms with Crippen LogP contribution in [-0.4, -0.2) is 35.6 Å². The van der Waals surface area contributed by atoms with Crippen molar-refractivity contribution < 1.29 is 19.7 Å². The second kappa shape index (κ2) is 8.90. The van der Waals surface area contributed by atoms with Crippen LogP contribution in [0, 0.1) is 6.92 Å². The first-order valence-electron chi connectivity index (χ1n) is 10.5. The van der Waals surface area contributed by atoms with Crippen molar-refractivity contribution in [3.63, 3.8) is 0 Å². The van der Waals surface area contributed by atoms with Crippen LogP contribution in [0.1, 0.15) is 34.3 Å². The Kier molecular flexibility index (Phi) is 6.03. The monoisotopic (exact) mass is 433 g/mol. The second-order valence-corrected chi connectivity index (χ2v) is 8.06. The number of carbonyl (C=O) groups excluding carboxylic acids is 1. The minimum atomic E-state index is -1.24. The molecule has 0 fully saturated rings. The van der Waals surface area contributed by atoms with E-state index in [1.54, 1.807) is 13.0 Å². The number of anilines is 2. The van der Waals surface area contributed by atoms with E-state index in [1.807, 2.05) is 36.4 Å². The lowest BCUT2D eigenvalue weighted by molar-refractivity contribution is 0.0185. The Balaban J connectivity index is 1.35. The summed E-state index contributed by atoms with van der Waals surface area (Å²) in [4.78, 5) is 12.3. The first-order valence-corrected chi connectivity index (χ1v) is 10.5.